The van der Waals surface area contributed by atoms with E-state index in [1.54, 1.807) is 6.21 Å². The van der Waals surface area contributed by atoms with Crippen molar-refractivity contribution in [1.82, 2.24) is 0 Å². The Kier molecular flexibility index (Phi) is 4.14. The van der Waals surface area contributed by atoms with Crippen LogP contribution in [0.2, 0.25) is 10.0 Å². The highest BCUT2D eigenvalue weighted by Crippen LogP contribution is 2.60. The van der Waals surface area contributed by atoms with E-state index in [4.69, 9.17) is 23.2 Å². The van der Waals surface area contributed by atoms with E-state index in [-0.39, 0.29) is 0 Å². The van der Waals surface area contributed by atoms with Crippen LogP contribution in [0.3, 0.4) is 0 Å². The van der Waals surface area contributed by atoms with Gasteiger partial charge < -0.3 is 0 Å². The minimum Gasteiger partial charge on any atom is -0.256 e. The van der Waals surface area contributed by atoms with Gasteiger partial charge in [0.15, 0.2) is 0 Å². The Balaban J connectivity index is 1.39. The lowest BCUT2D eigenvalue weighted by atomic mass is 9.48. The summed E-state index contributed by atoms with van der Waals surface area (Å²) in [5, 5.41) is 1.26. The molecule has 0 unspecified atom stereocenters. The van der Waals surface area contributed by atoms with Crippen molar-refractivity contribution < 1.29 is 0 Å². The highest BCUT2D eigenvalue weighted by atomic mass is 35.5. The molecule has 4 bridgehead atoms. The number of hydrogen-bond donors (Lipinski definition) is 0. The maximum atomic E-state index is 6.22. The summed E-state index contributed by atoms with van der Waals surface area (Å²) in [5.41, 5.74) is 3.71. The van der Waals surface area contributed by atoms with E-state index in [1.807, 2.05) is 18.2 Å². The summed E-state index contributed by atoms with van der Waals surface area (Å²) >= 11 is 12.4. The van der Waals surface area contributed by atoms with Crippen LogP contribution in [0.1, 0.15) is 49.7 Å². The zero-order valence-electron chi connectivity index (χ0n) is 14.8. The van der Waals surface area contributed by atoms with Crippen LogP contribution in [-0.4, -0.2) is 6.21 Å². The van der Waals surface area contributed by atoms with Crippen LogP contribution < -0.4 is 0 Å². The van der Waals surface area contributed by atoms with Gasteiger partial charge in [-0.2, -0.15) is 0 Å². The highest BCUT2D eigenvalue weighted by molar-refractivity contribution is 6.38. The molecule has 6 rings (SSSR count). The van der Waals surface area contributed by atoms with Crippen molar-refractivity contribution in [2.24, 2.45) is 22.7 Å². The predicted octanol–water partition coefficient (Wildman–Crippen LogP) is 7.21. The van der Waals surface area contributed by atoms with Gasteiger partial charge >= 0.3 is 0 Å². The van der Waals surface area contributed by atoms with Gasteiger partial charge in [-0.05, 0) is 91.5 Å². The first kappa shape index (κ1) is 16.8. The summed E-state index contributed by atoms with van der Waals surface area (Å²) in [6, 6.07) is 14.4. The summed E-state index contributed by atoms with van der Waals surface area (Å²) in [6.45, 7) is 0. The van der Waals surface area contributed by atoms with Crippen LogP contribution in [0.5, 0.6) is 0 Å². The quantitative estimate of drug-likeness (QED) is 0.496. The van der Waals surface area contributed by atoms with E-state index in [0.717, 1.165) is 29.0 Å². The van der Waals surface area contributed by atoms with E-state index in [9.17, 15) is 0 Å². The van der Waals surface area contributed by atoms with Gasteiger partial charge in [0.25, 0.3) is 0 Å². The van der Waals surface area contributed by atoms with Crippen molar-refractivity contribution in [2.75, 3.05) is 0 Å². The molecule has 4 aliphatic carbocycles. The third kappa shape index (κ3) is 2.90. The van der Waals surface area contributed by atoms with Crippen molar-refractivity contribution in [1.29, 1.82) is 0 Å². The molecule has 0 amide bonds. The standard InChI is InChI=1S/C23H23Cl2N/c24-21-2-1-3-22(25)20(21)14-26-19-6-4-18(5-7-19)23-11-15-8-16(12-23)10-17(9-15)13-23/h1-7,14-17H,8-13H2. The van der Waals surface area contributed by atoms with E-state index in [0.29, 0.717) is 15.5 Å². The second kappa shape index (κ2) is 6.39. The molecule has 26 heavy (non-hydrogen) atoms. The van der Waals surface area contributed by atoms with Crippen LogP contribution in [0, 0.1) is 17.8 Å². The fraction of sp³-hybridized carbons (Fsp3) is 0.435. The second-order valence-electron chi connectivity index (χ2n) is 8.64. The third-order valence-electron chi connectivity index (χ3n) is 6.86. The Morgan fingerprint density at radius 3 is 1.88 bits per heavy atom. The molecule has 0 aliphatic heterocycles. The average Bonchev–Trinajstić information content (AvgIpc) is 2.61. The van der Waals surface area contributed by atoms with Crippen molar-refractivity contribution in [3.63, 3.8) is 0 Å². The summed E-state index contributed by atoms with van der Waals surface area (Å²) in [6.07, 6.45) is 10.4. The zero-order valence-corrected chi connectivity index (χ0v) is 16.3. The molecule has 0 heterocycles. The minimum atomic E-state index is 0.447. The zero-order chi connectivity index (χ0) is 17.7. The highest BCUT2D eigenvalue weighted by Gasteiger charge is 2.51. The first-order chi connectivity index (χ1) is 12.6. The van der Waals surface area contributed by atoms with E-state index in [2.05, 4.69) is 29.3 Å². The number of rotatable bonds is 3. The molecular formula is C23H23Cl2N. The molecule has 4 aliphatic rings. The van der Waals surface area contributed by atoms with Gasteiger partial charge in [0.2, 0.25) is 0 Å². The normalized spacial score (nSPS) is 32.5. The molecule has 4 saturated carbocycles. The summed E-state index contributed by atoms with van der Waals surface area (Å²) in [4.78, 5) is 4.59. The lowest BCUT2D eigenvalue weighted by Crippen LogP contribution is -2.48. The van der Waals surface area contributed by atoms with Crippen molar-refractivity contribution in [3.05, 3.63) is 63.6 Å². The Hall–Kier alpha value is -1.31. The fourth-order valence-electron chi connectivity index (χ4n) is 6.14. The lowest BCUT2D eigenvalue weighted by molar-refractivity contribution is -0.00518. The van der Waals surface area contributed by atoms with Gasteiger partial charge in [-0.3, -0.25) is 4.99 Å². The maximum absolute atomic E-state index is 6.22. The van der Waals surface area contributed by atoms with Crippen molar-refractivity contribution in [2.45, 2.75) is 43.9 Å². The largest absolute Gasteiger partial charge is 0.256 e. The number of nitrogens with zero attached hydrogens (tertiary/aromatic N) is 1. The monoisotopic (exact) mass is 383 g/mol. The predicted molar refractivity (Wildman–Crippen MR) is 110 cm³/mol. The summed E-state index contributed by atoms with van der Waals surface area (Å²) in [5.74, 6) is 2.92. The number of aliphatic imine (C=N–C) groups is 1. The Morgan fingerprint density at radius 1 is 0.808 bits per heavy atom. The molecule has 4 fully saturated rings. The van der Waals surface area contributed by atoms with Crippen LogP contribution in [0.4, 0.5) is 5.69 Å². The van der Waals surface area contributed by atoms with Gasteiger partial charge in [0, 0.05) is 11.8 Å². The Bertz CT molecular complexity index is 797. The lowest BCUT2D eigenvalue weighted by Gasteiger charge is -2.57. The molecule has 0 saturated heterocycles. The molecule has 134 valence electrons. The maximum Gasteiger partial charge on any atom is 0.0630 e. The topological polar surface area (TPSA) is 12.4 Å². The van der Waals surface area contributed by atoms with Crippen LogP contribution in [0.15, 0.2) is 47.5 Å². The third-order valence-corrected chi connectivity index (χ3v) is 7.52. The molecule has 1 nitrogen and oxygen atoms in total. The van der Waals surface area contributed by atoms with Gasteiger partial charge in [0.05, 0.1) is 15.7 Å². The molecule has 0 radical (unpaired) electrons. The smallest absolute Gasteiger partial charge is 0.0630 e. The van der Waals surface area contributed by atoms with Gasteiger partial charge in [-0.15, -0.1) is 0 Å². The van der Waals surface area contributed by atoms with Crippen molar-refractivity contribution in [3.8, 4) is 0 Å². The average molecular weight is 384 g/mol. The van der Waals surface area contributed by atoms with Crippen LogP contribution >= 0.6 is 23.2 Å². The van der Waals surface area contributed by atoms with E-state index in [1.165, 1.54) is 44.1 Å². The molecule has 2 aromatic carbocycles. The molecule has 2 aromatic rings. The molecule has 0 N–H and O–H groups in total. The molecular weight excluding hydrogens is 361 g/mol. The number of hydrogen-bond acceptors (Lipinski definition) is 1. The first-order valence-corrected chi connectivity index (χ1v) is 10.5. The second-order valence-corrected chi connectivity index (χ2v) is 9.45. The Morgan fingerprint density at radius 2 is 1.35 bits per heavy atom. The summed E-state index contributed by atoms with van der Waals surface area (Å²) in [7, 11) is 0. The van der Waals surface area contributed by atoms with Crippen LogP contribution in [-0.2, 0) is 5.41 Å². The SMILES string of the molecule is Clc1cccc(Cl)c1C=Nc1ccc(C23CC4CC(CC(C4)C2)C3)cc1. The molecule has 0 spiro atoms. The van der Waals surface area contributed by atoms with Gasteiger partial charge in [0.1, 0.15) is 0 Å². The molecule has 0 atom stereocenters. The summed E-state index contributed by atoms with van der Waals surface area (Å²) < 4.78 is 0. The molecule has 0 aromatic heterocycles. The number of benzene rings is 2. The van der Waals surface area contributed by atoms with E-state index >= 15 is 0 Å². The Labute approximate surface area is 165 Å². The van der Waals surface area contributed by atoms with Crippen LogP contribution in [0.25, 0.3) is 0 Å². The van der Waals surface area contributed by atoms with Crippen molar-refractivity contribution >= 4 is 35.1 Å². The molecule has 3 heteroatoms. The van der Waals surface area contributed by atoms with E-state index < -0.39 is 0 Å². The minimum absolute atomic E-state index is 0.447. The van der Waals surface area contributed by atoms with Gasteiger partial charge in [-0.1, -0.05) is 41.4 Å². The fourth-order valence-corrected chi connectivity index (χ4v) is 6.63. The number of halogens is 2. The first-order valence-electron chi connectivity index (χ1n) is 9.70. The van der Waals surface area contributed by atoms with Gasteiger partial charge in [-0.25, -0.2) is 0 Å².